The van der Waals surface area contributed by atoms with Crippen molar-refractivity contribution in [2.75, 3.05) is 11.1 Å². The van der Waals surface area contributed by atoms with Crippen LogP contribution < -0.4 is 15.8 Å². The normalized spacial score (nSPS) is 14.9. The summed E-state index contributed by atoms with van der Waals surface area (Å²) in [6.07, 6.45) is 2.14. The predicted octanol–water partition coefficient (Wildman–Crippen LogP) is 2.72. The van der Waals surface area contributed by atoms with Crippen LogP contribution >= 0.6 is 0 Å². The molecule has 0 unspecified atom stereocenters. The summed E-state index contributed by atoms with van der Waals surface area (Å²) in [6.45, 7) is 6.10. The molecule has 0 atom stereocenters. The van der Waals surface area contributed by atoms with Gasteiger partial charge in [-0.3, -0.25) is 4.79 Å². The van der Waals surface area contributed by atoms with E-state index >= 15 is 0 Å². The standard InChI is InChI=1S/C14H20N2O2/c1-4-14(2,3)18-12-8-11-9(7-10(12)15)5-6-13(17)16-11/h7-8H,4-6,15H2,1-3H3,(H,16,17). The van der Waals surface area contributed by atoms with E-state index in [-0.39, 0.29) is 11.5 Å². The Bertz CT molecular complexity index is 481. The number of amides is 1. The highest BCUT2D eigenvalue weighted by molar-refractivity contribution is 5.94. The number of nitrogens with one attached hydrogen (secondary N) is 1. The highest BCUT2D eigenvalue weighted by Crippen LogP contribution is 2.34. The molecule has 4 nitrogen and oxygen atoms in total. The fourth-order valence-corrected chi connectivity index (χ4v) is 1.89. The van der Waals surface area contributed by atoms with Crippen LogP contribution in [0.15, 0.2) is 12.1 Å². The lowest BCUT2D eigenvalue weighted by Gasteiger charge is -2.27. The predicted molar refractivity (Wildman–Crippen MR) is 72.8 cm³/mol. The van der Waals surface area contributed by atoms with Crippen LogP contribution in [0.5, 0.6) is 5.75 Å². The van der Waals surface area contributed by atoms with E-state index in [9.17, 15) is 4.79 Å². The zero-order valence-electron chi connectivity index (χ0n) is 11.2. The smallest absolute Gasteiger partial charge is 0.224 e. The lowest BCUT2D eigenvalue weighted by molar-refractivity contribution is -0.116. The molecule has 0 saturated heterocycles. The fourth-order valence-electron chi connectivity index (χ4n) is 1.89. The quantitative estimate of drug-likeness (QED) is 0.808. The number of benzene rings is 1. The van der Waals surface area contributed by atoms with Crippen molar-refractivity contribution in [3.63, 3.8) is 0 Å². The van der Waals surface area contributed by atoms with Gasteiger partial charge in [-0.15, -0.1) is 0 Å². The molecule has 1 amide bonds. The van der Waals surface area contributed by atoms with Gasteiger partial charge in [0.25, 0.3) is 0 Å². The molecule has 1 aromatic carbocycles. The number of rotatable bonds is 3. The highest BCUT2D eigenvalue weighted by Gasteiger charge is 2.21. The van der Waals surface area contributed by atoms with Gasteiger partial charge in [0.2, 0.25) is 5.91 Å². The molecule has 98 valence electrons. The van der Waals surface area contributed by atoms with Crippen LogP contribution in [-0.4, -0.2) is 11.5 Å². The van der Waals surface area contributed by atoms with Crippen molar-refractivity contribution in [1.82, 2.24) is 0 Å². The van der Waals surface area contributed by atoms with Crippen molar-refractivity contribution in [3.05, 3.63) is 17.7 Å². The lowest BCUT2D eigenvalue weighted by Crippen LogP contribution is -2.27. The van der Waals surface area contributed by atoms with Gasteiger partial charge in [-0.2, -0.15) is 0 Å². The van der Waals surface area contributed by atoms with Gasteiger partial charge in [0.05, 0.1) is 5.69 Å². The number of hydrogen-bond donors (Lipinski definition) is 2. The molecule has 4 heteroatoms. The van der Waals surface area contributed by atoms with Crippen molar-refractivity contribution < 1.29 is 9.53 Å². The van der Waals surface area contributed by atoms with E-state index in [1.807, 2.05) is 26.0 Å². The minimum atomic E-state index is -0.263. The summed E-state index contributed by atoms with van der Waals surface area (Å²) in [5.41, 5.74) is 8.27. The molecule has 1 aliphatic heterocycles. The maximum atomic E-state index is 11.4. The van der Waals surface area contributed by atoms with Crippen LogP contribution in [0.4, 0.5) is 11.4 Å². The number of hydrogen-bond acceptors (Lipinski definition) is 3. The Morgan fingerprint density at radius 1 is 1.39 bits per heavy atom. The molecule has 0 bridgehead atoms. The summed E-state index contributed by atoms with van der Waals surface area (Å²) in [4.78, 5) is 11.4. The van der Waals surface area contributed by atoms with E-state index in [4.69, 9.17) is 10.5 Å². The lowest BCUT2D eigenvalue weighted by atomic mass is 10.0. The molecule has 0 fully saturated rings. The number of ether oxygens (including phenoxy) is 1. The monoisotopic (exact) mass is 248 g/mol. The maximum Gasteiger partial charge on any atom is 0.224 e. The van der Waals surface area contributed by atoms with Crippen LogP contribution in [0, 0.1) is 0 Å². The van der Waals surface area contributed by atoms with Gasteiger partial charge >= 0.3 is 0 Å². The largest absolute Gasteiger partial charge is 0.486 e. The topological polar surface area (TPSA) is 64.3 Å². The molecule has 1 aromatic rings. The molecule has 1 aliphatic rings. The summed E-state index contributed by atoms with van der Waals surface area (Å²) in [5.74, 6) is 0.691. The Morgan fingerprint density at radius 3 is 2.78 bits per heavy atom. The van der Waals surface area contributed by atoms with E-state index in [1.165, 1.54) is 0 Å². The summed E-state index contributed by atoms with van der Waals surface area (Å²) in [7, 11) is 0. The zero-order chi connectivity index (χ0) is 13.3. The van der Waals surface area contributed by atoms with Crippen molar-refractivity contribution in [2.24, 2.45) is 0 Å². The Balaban J connectivity index is 2.32. The van der Waals surface area contributed by atoms with E-state index in [0.29, 0.717) is 17.9 Å². The number of carbonyl (C=O) groups is 1. The molecule has 18 heavy (non-hydrogen) atoms. The van der Waals surface area contributed by atoms with E-state index in [2.05, 4.69) is 12.2 Å². The van der Waals surface area contributed by atoms with Crippen molar-refractivity contribution in [2.45, 2.75) is 45.6 Å². The molecule has 0 aliphatic carbocycles. The number of aryl methyl sites for hydroxylation is 1. The molecular weight excluding hydrogens is 228 g/mol. The van der Waals surface area contributed by atoms with Crippen molar-refractivity contribution in [3.8, 4) is 5.75 Å². The molecule has 0 aromatic heterocycles. The third-order valence-corrected chi connectivity index (χ3v) is 3.37. The number of nitrogens with two attached hydrogens (primary N) is 1. The first-order chi connectivity index (χ1) is 8.41. The number of nitrogen functional groups attached to an aromatic ring is 1. The Hall–Kier alpha value is -1.71. The first-order valence-electron chi connectivity index (χ1n) is 6.32. The molecule has 0 radical (unpaired) electrons. The molecule has 0 saturated carbocycles. The zero-order valence-corrected chi connectivity index (χ0v) is 11.2. The third-order valence-electron chi connectivity index (χ3n) is 3.37. The fraction of sp³-hybridized carbons (Fsp3) is 0.500. The van der Waals surface area contributed by atoms with E-state index in [1.54, 1.807) is 0 Å². The Morgan fingerprint density at radius 2 is 2.11 bits per heavy atom. The minimum absolute atomic E-state index is 0.0490. The number of anilines is 2. The minimum Gasteiger partial charge on any atom is -0.486 e. The van der Waals surface area contributed by atoms with Crippen molar-refractivity contribution in [1.29, 1.82) is 0 Å². The van der Waals surface area contributed by atoms with Crippen LogP contribution in [-0.2, 0) is 11.2 Å². The second-order valence-electron chi connectivity index (χ2n) is 5.31. The van der Waals surface area contributed by atoms with Gasteiger partial charge in [0.15, 0.2) is 0 Å². The molecule has 3 N–H and O–H groups in total. The van der Waals surface area contributed by atoms with Gasteiger partial charge in [0.1, 0.15) is 11.4 Å². The van der Waals surface area contributed by atoms with E-state index < -0.39 is 0 Å². The van der Waals surface area contributed by atoms with Crippen molar-refractivity contribution >= 4 is 17.3 Å². The van der Waals surface area contributed by atoms with Gasteiger partial charge in [-0.25, -0.2) is 0 Å². The van der Waals surface area contributed by atoms with Gasteiger partial charge in [0, 0.05) is 18.2 Å². The number of fused-ring (bicyclic) bond motifs is 1. The van der Waals surface area contributed by atoms with Crippen LogP contribution in [0.1, 0.15) is 39.2 Å². The summed E-state index contributed by atoms with van der Waals surface area (Å²) < 4.78 is 5.91. The average molecular weight is 248 g/mol. The number of carbonyl (C=O) groups excluding carboxylic acids is 1. The van der Waals surface area contributed by atoms with Gasteiger partial charge in [-0.05, 0) is 38.3 Å². The first kappa shape index (κ1) is 12.7. The van der Waals surface area contributed by atoms with Crippen LogP contribution in [0.25, 0.3) is 0 Å². The SMILES string of the molecule is CCC(C)(C)Oc1cc2c(cc1N)CCC(=O)N2. The van der Waals surface area contributed by atoms with Crippen LogP contribution in [0.3, 0.4) is 0 Å². The first-order valence-corrected chi connectivity index (χ1v) is 6.32. The van der Waals surface area contributed by atoms with Gasteiger partial charge < -0.3 is 15.8 Å². The van der Waals surface area contributed by atoms with E-state index in [0.717, 1.165) is 24.1 Å². The third kappa shape index (κ3) is 2.58. The average Bonchev–Trinajstić information content (AvgIpc) is 2.30. The molecule has 0 spiro atoms. The molecule has 2 rings (SSSR count). The van der Waals surface area contributed by atoms with Gasteiger partial charge in [-0.1, -0.05) is 6.92 Å². The second kappa shape index (κ2) is 4.52. The maximum absolute atomic E-state index is 11.4. The second-order valence-corrected chi connectivity index (χ2v) is 5.31. The molecule has 1 heterocycles. The highest BCUT2D eigenvalue weighted by atomic mass is 16.5. The van der Waals surface area contributed by atoms with Crippen LogP contribution in [0.2, 0.25) is 0 Å². The molecular formula is C14H20N2O2. The summed E-state index contributed by atoms with van der Waals surface area (Å²) in [6, 6.07) is 3.73. The summed E-state index contributed by atoms with van der Waals surface area (Å²) in [5, 5.41) is 2.86. The summed E-state index contributed by atoms with van der Waals surface area (Å²) >= 11 is 0. The Labute approximate surface area is 108 Å². The Kier molecular flexibility index (Phi) is 3.20.